The summed E-state index contributed by atoms with van der Waals surface area (Å²) >= 11 is 0. The summed E-state index contributed by atoms with van der Waals surface area (Å²) < 4.78 is 0. The average Bonchev–Trinajstić information content (AvgIpc) is 2.70. The Bertz CT molecular complexity index is 739. The highest BCUT2D eigenvalue weighted by Crippen LogP contribution is 2.28. The minimum Gasteiger partial charge on any atom is -0.352 e. The van der Waals surface area contributed by atoms with E-state index >= 15 is 0 Å². The molecular formula is C24H30N2O. The van der Waals surface area contributed by atoms with Gasteiger partial charge in [0.25, 0.3) is 0 Å². The first-order valence-corrected chi connectivity index (χ1v) is 9.67. The molecule has 0 unspecified atom stereocenters. The molecule has 0 bridgehead atoms. The molecule has 0 heterocycles. The summed E-state index contributed by atoms with van der Waals surface area (Å²) in [5.74, 6) is 0.906. The van der Waals surface area contributed by atoms with Gasteiger partial charge in [-0.15, -0.1) is 0 Å². The van der Waals surface area contributed by atoms with Crippen LogP contribution in [0.15, 0.2) is 76.9 Å². The molecule has 0 N–H and O–H groups in total. The molecule has 0 aliphatic rings. The molecule has 0 amide bonds. The number of amidine groups is 1. The highest BCUT2D eigenvalue weighted by Gasteiger charge is 2.20. The number of aldehydes is 1. The van der Waals surface area contributed by atoms with Gasteiger partial charge in [-0.2, -0.15) is 0 Å². The van der Waals surface area contributed by atoms with Crippen LogP contribution in [0.1, 0.15) is 57.2 Å². The minimum atomic E-state index is 0.0698. The molecule has 2 aromatic carbocycles. The third-order valence-corrected chi connectivity index (χ3v) is 4.81. The lowest BCUT2D eigenvalue weighted by molar-refractivity contribution is -0.105. The lowest BCUT2D eigenvalue weighted by Crippen LogP contribution is -2.30. The Kier molecular flexibility index (Phi) is 8.00. The molecule has 0 saturated carbocycles. The highest BCUT2D eigenvalue weighted by atomic mass is 16.1. The molecule has 0 fully saturated rings. The van der Waals surface area contributed by atoms with Gasteiger partial charge in [-0.25, -0.2) is 4.99 Å². The fraction of sp³-hybridized carbons (Fsp3) is 0.333. The zero-order valence-electron chi connectivity index (χ0n) is 16.9. The van der Waals surface area contributed by atoms with Crippen molar-refractivity contribution in [1.82, 2.24) is 4.90 Å². The van der Waals surface area contributed by atoms with Crippen LogP contribution in [-0.4, -0.2) is 24.1 Å². The van der Waals surface area contributed by atoms with Gasteiger partial charge in [-0.1, -0.05) is 80.9 Å². The maximum Gasteiger partial charge on any atom is 0.147 e. The van der Waals surface area contributed by atoms with Crippen molar-refractivity contribution in [2.24, 2.45) is 4.99 Å². The fourth-order valence-corrected chi connectivity index (χ4v) is 3.25. The van der Waals surface area contributed by atoms with Crippen molar-refractivity contribution in [3.63, 3.8) is 0 Å². The maximum atomic E-state index is 11.4. The van der Waals surface area contributed by atoms with E-state index in [1.807, 2.05) is 26.0 Å². The number of carbonyl (C=O) groups is 1. The van der Waals surface area contributed by atoms with E-state index in [9.17, 15) is 4.79 Å². The summed E-state index contributed by atoms with van der Waals surface area (Å²) in [6.07, 6.45) is 3.44. The van der Waals surface area contributed by atoms with Crippen LogP contribution in [0, 0.1) is 0 Å². The SMILES string of the molecule is CCC/C(N=C(C)N(C)C(c1ccccc1)c1ccccc1)=C(/C=O)CC. The lowest BCUT2D eigenvalue weighted by Gasteiger charge is -2.31. The summed E-state index contributed by atoms with van der Waals surface area (Å²) in [7, 11) is 2.07. The Hall–Kier alpha value is -2.68. The summed E-state index contributed by atoms with van der Waals surface area (Å²) in [5.41, 5.74) is 4.13. The van der Waals surface area contributed by atoms with Crippen molar-refractivity contribution < 1.29 is 4.79 Å². The second-order valence-electron chi connectivity index (χ2n) is 6.69. The maximum absolute atomic E-state index is 11.4. The second kappa shape index (κ2) is 10.5. The van der Waals surface area contributed by atoms with E-state index in [-0.39, 0.29) is 6.04 Å². The molecule has 3 nitrogen and oxygen atoms in total. The third kappa shape index (κ3) is 5.40. The molecule has 27 heavy (non-hydrogen) atoms. The molecule has 0 spiro atoms. The first-order valence-electron chi connectivity index (χ1n) is 9.67. The van der Waals surface area contributed by atoms with Crippen LogP contribution in [0.25, 0.3) is 0 Å². The van der Waals surface area contributed by atoms with Crippen LogP contribution >= 0.6 is 0 Å². The quantitative estimate of drug-likeness (QED) is 0.258. The van der Waals surface area contributed by atoms with E-state index in [2.05, 4.69) is 67.4 Å². The van der Waals surface area contributed by atoms with Gasteiger partial charge >= 0.3 is 0 Å². The van der Waals surface area contributed by atoms with E-state index in [1.54, 1.807) is 0 Å². The number of allylic oxidation sites excluding steroid dienone is 2. The van der Waals surface area contributed by atoms with E-state index in [1.165, 1.54) is 11.1 Å². The predicted octanol–water partition coefficient (Wildman–Crippen LogP) is 5.79. The Morgan fingerprint density at radius 2 is 1.52 bits per heavy atom. The van der Waals surface area contributed by atoms with E-state index in [4.69, 9.17) is 4.99 Å². The molecule has 0 aliphatic carbocycles. The summed E-state index contributed by atoms with van der Waals surface area (Å²) in [6, 6.07) is 21.0. The van der Waals surface area contributed by atoms with Gasteiger partial charge in [0.2, 0.25) is 0 Å². The van der Waals surface area contributed by atoms with Gasteiger partial charge in [-0.3, -0.25) is 4.79 Å². The van der Waals surface area contributed by atoms with Gasteiger partial charge in [0, 0.05) is 18.3 Å². The van der Waals surface area contributed by atoms with E-state index in [0.717, 1.165) is 36.2 Å². The van der Waals surface area contributed by atoms with Crippen molar-refractivity contribution in [3.8, 4) is 0 Å². The zero-order chi connectivity index (χ0) is 19.6. The van der Waals surface area contributed by atoms with Crippen molar-refractivity contribution in [2.45, 2.75) is 46.1 Å². The molecule has 3 heteroatoms. The number of carbonyl (C=O) groups excluding carboxylic acids is 1. The molecule has 2 aromatic rings. The fourth-order valence-electron chi connectivity index (χ4n) is 3.25. The third-order valence-electron chi connectivity index (χ3n) is 4.81. The van der Waals surface area contributed by atoms with Crippen molar-refractivity contribution in [1.29, 1.82) is 0 Å². The Balaban J connectivity index is 2.46. The molecule has 0 saturated heterocycles. The highest BCUT2D eigenvalue weighted by molar-refractivity contribution is 5.83. The molecule has 0 radical (unpaired) electrons. The monoisotopic (exact) mass is 362 g/mol. The number of hydrogen-bond acceptors (Lipinski definition) is 2. The van der Waals surface area contributed by atoms with Crippen LogP contribution in [0.2, 0.25) is 0 Å². The lowest BCUT2D eigenvalue weighted by atomic mass is 9.97. The number of aliphatic imine (C=N–C) groups is 1. The molecule has 0 aliphatic heterocycles. The molecule has 0 aromatic heterocycles. The number of rotatable bonds is 8. The predicted molar refractivity (Wildman–Crippen MR) is 114 cm³/mol. The van der Waals surface area contributed by atoms with Crippen LogP contribution < -0.4 is 0 Å². The van der Waals surface area contributed by atoms with Gasteiger partial charge in [0.1, 0.15) is 12.1 Å². The molecule has 142 valence electrons. The number of nitrogens with zero attached hydrogens (tertiary/aromatic N) is 2. The van der Waals surface area contributed by atoms with Crippen LogP contribution in [0.3, 0.4) is 0 Å². The van der Waals surface area contributed by atoms with Gasteiger partial charge in [0.05, 0.1) is 6.04 Å². The van der Waals surface area contributed by atoms with Crippen LogP contribution in [0.4, 0.5) is 0 Å². The first-order chi connectivity index (χ1) is 13.1. The topological polar surface area (TPSA) is 32.7 Å². The largest absolute Gasteiger partial charge is 0.352 e. The second-order valence-corrected chi connectivity index (χ2v) is 6.69. The molecular weight excluding hydrogens is 332 g/mol. The summed E-state index contributed by atoms with van der Waals surface area (Å²) in [6.45, 7) is 6.14. The van der Waals surface area contributed by atoms with E-state index < -0.39 is 0 Å². The van der Waals surface area contributed by atoms with Crippen molar-refractivity contribution in [2.75, 3.05) is 7.05 Å². The molecule has 2 rings (SSSR count). The van der Waals surface area contributed by atoms with Gasteiger partial charge in [0.15, 0.2) is 0 Å². The molecule has 0 atom stereocenters. The normalized spacial score (nSPS) is 12.7. The van der Waals surface area contributed by atoms with Gasteiger partial charge in [-0.05, 0) is 30.9 Å². The van der Waals surface area contributed by atoms with Crippen molar-refractivity contribution >= 4 is 12.1 Å². The Morgan fingerprint density at radius 3 is 1.93 bits per heavy atom. The average molecular weight is 363 g/mol. The van der Waals surface area contributed by atoms with Crippen LogP contribution in [0.5, 0.6) is 0 Å². The number of hydrogen-bond donors (Lipinski definition) is 0. The summed E-state index contributed by atoms with van der Waals surface area (Å²) in [4.78, 5) is 18.5. The Morgan fingerprint density at radius 1 is 1.00 bits per heavy atom. The van der Waals surface area contributed by atoms with Crippen molar-refractivity contribution in [3.05, 3.63) is 83.1 Å². The Labute approximate surface area is 163 Å². The zero-order valence-corrected chi connectivity index (χ0v) is 16.9. The smallest absolute Gasteiger partial charge is 0.147 e. The standard InChI is InChI=1S/C24H30N2O/c1-5-13-23(20(6-2)18-27)25-19(3)26(4)24(21-14-9-7-10-15-21)22-16-11-8-12-17-22/h7-12,14-18,24H,5-6,13H2,1-4H3/b23-20-,25-19?. The minimum absolute atomic E-state index is 0.0698. The van der Waals surface area contributed by atoms with E-state index in [0.29, 0.717) is 6.42 Å². The number of benzene rings is 2. The van der Waals surface area contributed by atoms with Crippen LogP contribution in [-0.2, 0) is 4.79 Å². The summed E-state index contributed by atoms with van der Waals surface area (Å²) in [5, 5.41) is 0. The van der Waals surface area contributed by atoms with Gasteiger partial charge < -0.3 is 4.90 Å². The first kappa shape index (κ1) is 20.6.